The molecule has 0 spiro atoms. The van der Waals surface area contributed by atoms with E-state index in [1.165, 1.54) is 34.1 Å². The molecule has 1 N–H and O–H groups in total. The maximum atomic E-state index is 12.7. The van der Waals surface area contributed by atoms with Crippen molar-refractivity contribution in [3.05, 3.63) is 63.1 Å². The van der Waals surface area contributed by atoms with E-state index < -0.39 is 0 Å². The van der Waals surface area contributed by atoms with Crippen LogP contribution < -0.4 is 10.2 Å². The Bertz CT molecular complexity index is 1150. The first-order valence-electron chi connectivity index (χ1n) is 11.4. The van der Waals surface area contributed by atoms with E-state index in [0.29, 0.717) is 16.0 Å². The molecule has 2 aliphatic heterocycles. The van der Waals surface area contributed by atoms with E-state index in [1.807, 2.05) is 25.1 Å². The number of thioether (sulfide) groups is 1. The first-order valence-corrected chi connectivity index (χ1v) is 12.2. The second-order valence-electron chi connectivity index (χ2n) is 9.70. The quantitative estimate of drug-likeness (QED) is 0.538. The van der Waals surface area contributed by atoms with Crippen molar-refractivity contribution in [1.29, 1.82) is 0 Å². The van der Waals surface area contributed by atoms with E-state index >= 15 is 0 Å². The molecule has 2 aromatic rings. The standard InChI is InChI=1S/C27H33N3OS/c1-8-30-23-12-17(3)20(13-21(23)19(5)15-27(30,6)7)14-24-25(31)29-26(32-24)28-22-10-9-16(2)11-18(22)4/h9-14,19H,8,15H2,1-7H3,(H,28,29,31)/b24-14-/t19-/m1/s1. The first-order chi connectivity index (χ1) is 15.1. The zero-order chi connectivity index (χ0) is 23.2. The van der Waals surface area contributed by atoms with E-state index in [2.05, 4.69) is 75.0 Å². The number of amidine groups is 1. The number of nitrogens with one attached hydrogen (secondary N) is 1. The minimum absolute atomic E-state index is 0.0833. The van der Waals surface area contributed by atoms with Crippen LogP contribution in [0.3, 0.4) is 0 Å². The first kappa shape index (κ1) is 22.7. The third-order valence-electron chi connectivity index (χ3n) is 6.60. The Morgan fingerprint density at radius 1 is 1.19 bits per heavy atom. The molecule has 0 aliphatic carbocycles. The summed E-state index contributed by atoms with van der Waals surface area (Å²) in [6.45, 7) is 16.4. The number of amides is 1. The van der Waals surface area contributed by atoms with Crippen molar-refractivity contribution in [2.24, 2.45) is 4.99 Å². The van der Waals surface area contributed by atoms with Crippen LogP contribution in [0.5, 0.6) is 0 Å². The smallest absolute Gasteiger partial charge is 0.264 e. The molecule has 1 fully saturated rings. The number of aliphatic imine (C=N–C) groups is 1. The minimum atomic E-state index is -0.0833. The van der Waals surface area contributed by atoms with Gasteiger partial charge in [-0.05, 0) is 112 Å². The maximum absolute atomic E-state index is 12.7. The highest BCUT2D eigenvalue weighted by Gasteiger charge is 2.36. The van der Waals surface area contributed by atoms with Crippen LogP contribution in [0.15, 0.2) is 40.2 Å². The summed E-state index contributed by atoms with van der Waals surface area (Å²) >= 11 is 1.41. The number of carbonyl (C=O) groups is 1. The van der Waals surface area contributed by atoms with Crippen molar-refractivity contribution in [3.63, 3.8) is 0 Å². The molecule has 2 heterocycles. The van der Waals surface area contributed by atoms with Crippen LogP contribution in [0.25, 0.3) is 6.08 Å². The van der Waals surface area contributed by atoms with Crippen LogP contribution in [0.4, 0.5) is 11.4 Å². The highest BCUT2D eigenvalue weighted by Crippen LogP contribution is 2.44. The van der Waals surface area contributed by atoms with Gasteiger partial charge >= 0.3 is 0 Å². The molecular formula is C27H33N3OS. The predicted molar refractivity (Wildman–Crippen MR) is 138 cm³/mol. The second-order valence-corrected chi connectivity index (χ2v) is 10.7. The number of aryl methyl sites for hydroxylation is 3. The molecule has 2 aromatic carbocycles. The number of carbonyl (C=O) groups excluding carboxylic acids is 1. The highest BCUT2D eigenvalue weighted by atomic mass is 32.2. The van der Waals surface area contributed by atoms with Crippen molar-refractivity contribution in [3.8, 4) is 0 Å². The molecule has 0 saturated carbocycles. The molecule has 1 saturated heterocycles. The summed E-state index contributed by atoms with van der Waals surface area (Å²) in [5, 5.41) is 3.56. The number of hydrogen-bond acceptors (Lipinski definition) is 4. The van der Waals surface area contributed by atoms with Crippen molar-refractivity contribution >= 4 is 40.3 Å². The molecule has 0 unspecified atom stereocenters. The highest BCUT2D eigenvalue weighted by molar-refractivity contribution is 8.18. The Morgan fingerprint density at radius 3 is 2.62 bits per heavy atom. The fraction of sp³-hybridized carbons (Fsp3) is 0.407. The third kappa shape index (κ3) is 4.23. The molecule has 0 radical (unpaired) electrons. The van der Waals surface area contributed by atoms with Crippen molar-refractivity contribution in [2.45, 2.75) is 66.3 Å². The number of rotatable bonds is 3. The Balaban J connectivity index is 1.67. The lowest BCUT2D eigenvalue weighted by Gasteiger charge is -2.47. The molecule has 5 heteroatoms. The summed E-state index contributed by atoms with van der Waals surface area (Å²) in [6.07, 6.45) is 3.14. The van der Waals surface area contributed by atoms with Crippen molar-refractivity contribution < 1.29 is 4.79 Å². The number of anilines is 1. The lowest BCUT2D eigenvalue weighted by Crippen LogP contribution is -2.48. The zero-order valence-corrected chi connectivity index (χ0v) is 21.0. The SMILES string of the molecule is CCN1c2cc(C)c(/C=C3\SC(=Nc4ccc(C)cc4C)NC3=O)cc2[C@H](C)CC1(C)C. The van der Waals surface area contributed by atoms with Gasteiger partial charge in [-0.3, -0.25) is 4.79 Å². The Kier molecular flexibility index (Phi) is 5.97. The summed E-state index contributed by atoms with van der Waals surface area (Å²) in [5.74, 6) is 0.396. The summed E-state index contributed by atoms with van der Waals surface area (Å²) in [4.78, 5) is 20.6. The van der Waals surface area contributed by atoms with Crippen molar-refractivity contribution in [1.82, 2.24) is 5.32 Å². The zero-order valence-electron chi connectivity index (χ0n) is 20.2. The maximum Gasteiger partial charge on any atom is 0.264 e. The summed E-state index contributed by atoms with van der Waals surface area (Å²) in [6, 6.07) is 10.7. The summed E-state index contributed by atoms with van der Waals surface area (Å²) in [7, 11) is 0. The van der Waals surface area contributed by atoms with Gasteiger partial charge in [0.25, 0.3) is 5.91 Å². The Hall–Kier alpha value is -2.53. The van der Waals surface area contributed by atoms with E-state index in [0.717, 1.165) is 29.8 Å². The lowest BCUT2D eigenvalue weighted by atomic mass is 9.79. The van der Waals surface area contributed by atoms with Gasteiger partial charge in [0.15, 0.2) is 5.17 Å². The molecule has 32 heavy (non-hydrogen) atoms. The van der Waals surface area contributed by atoms with Gasteiger partial charge in [0.2, 0.25) is 0 Å². The van der Waals surface area contributed by atoms with Crippen LogP contribution in [0.1, 0.15) is 67.9 Å². The monoisotopic (exact) mass is 447 g/mol. The van der Waals surface area contributed by atoms with E-state index in [-0.39, 0.29) is 11.4 Å². The number of fused-ring (bicyclic) bond motifs is 1. The van der Waals surface area contributed by atoms with Gasteiger partial charge in [0.1, 0.15) is 0 Å². The molecule has 1 amide bonds. The number of benzene rings is 2. The minimum Gasteiger partial charge on any atom is -0.366 e. The van der Waals surface area contributed by atoms with Gasteiger partial charge in [-0.25, -0.2) is 4.99 Å². The summed E-state index contributed by atoms with van der Waals surface area (Å²) < 4.78 is 0. The van der Waals surface area contributed by atoms with Gasteiger partial charge in [0, 0.05) is 17.8 Å². The molecule has 168 valence electrons. The normalized spacial score (nSPS) is 22.4. The van der Waals surface area contributed by atoms with Gasteiger partial charge in [0.05, 0.1) is 10.6 Å². The van der Waals surface area contributed by atoms with Gasteiger partial charge in [-0.2, -0.15) is 0 Å². The molecule has 2 aliphatic rings. The average Bonchev–Trinajstić information content (AvgIpc) is 3.04. The van der Waals surface area contributed by atoms with E-state index in [9.17, 15) is 4.79 Å². The lowest BCUT2D eigenvalue weighted by molar-refractivity contribution is -0.115. The molecule has 4 rings (SSSR count). The molecule has 0 bridgehead atoms. The van der Waals surface area contributed by atoms with Crippen LogP contribution >= 0.6 is 11.8 Å². The molecule has 4 nitrogen and oxygen atoms in total. The Labute approximate surface area is 196 Å². The van der Waals surface area contributed by atoms with Gasteiger partial charge in [-0.1, -0.05) is 24.6 Å². The summed E-state index contributed by atoms with van der Waals surface area (Å²) in [5.41, 5.74) is 8.34. The predicted octanol–water partition coefficient (Wildman–Crippen LogP) is 6.62. The average molecular weight is 448 g/mol. The van der Waals surface area contributed by atoms with Crippen LogP contribution in [-0.4, -0.2) is 23.2 Å². The van der Waals surface area contributed by atoms with Crippen LogP contribution in [-0.2, 0) is 4.79 Å². The van der Waals surface area contributed by atoms with Crippen LogP contribution in [0.2, 0.25) is 0 Å². The molecular weight excluding hydrogens is 414 g/mol. The van der Waals surface area contributed by atoms with Crippen LogP contribution in [0, 0.1) is 20.8 Å². The number of hydrogen-bond donors (Lipinski definition) is 1. The fourth-order valence-electron chi connectivity index (χ4n) is 5.07. The fourth-order valence-corrected chi connectivity index (χ4v) is 5.89. The molecule has 1 atom stereocenters. The topological polar surface area (TPSA) is 44.7 Å². The van der Waals surface area contributed by atoms with E-state index in [4.69, 9.17) is 0 Å². The van der Waals surface area contributed by atoms with Crippen molar-refractivity contribution in [2.75, 3.05) is 11.4 Å². The van der Waals surface area contributed by atoms with Gasteiger partial charge < -0.3 is 10.2 Å². The number of nitrogens with zero attached hydrogens (tertiary/aromatic N) is 2. The Morgan fingerprint density at radius 2 is 1.94 bits per heavy atom. The molecule has 0 aromatic heterocycles. The third-order valence-corrected chi connectivity index (χ3v) is 7.51. The van der Waals surface area contributed by atoms with E-state index in [1.54, 1.807) is 0 Å². The largest absolute Gasteiger partial charge is 0.366 e. The van der Waals surface area contributed by atoms with Gasteiger partial charge in [-0.15, -0.1) is 0 Å². The second kappa shape index (κ2) is 8.43.